The minimum absolute atomic E-state index is 0.200. The number of non-ortho nitro benzene ring substituents is 1. The molecule has 0 aromatic heterocycles. The second-order valence-corrected chi connectivity index (χ2v) is 7.43. The first-order valence-corrected chi connectivity index (χ1v) is 7.77. The Kier molecular flexibility index (Phi) is 4.00. The minimum atomic E-state index is -4.01. The van der Waals surface area contributed by atoms with Gasteiger partial charge in [0.2, 0.25) is 10.0 Å². The molecule has 0 atom stereocenters. The third-order valence-corrected chi connectivity index (χ3v) is 5.16. The molecule has 7 nitrogen and oxygen atoms in total. The number of nitrogens with one attached hydrogen (secondary N) is 1. The summed E-state index contributed by atoms with van der Waals surface area (Å²) in [4.78, 5) is 9.26. The lowest BCUT2D eigenvalue weighted by atomic mass is 10.0. The van der Waals surface area contributed by atoms with Crippen molar-refractivity contribution in [1.29, 1.82) is 0 Å². The Morgan fingerprint density at radius 1 is 1.43 bits per heavy atom. The number of sulfonamides is 1. The zero-order valence-corrected chi connectivity index (χ0v) is 12.5. The van der Waals surface area contributed by atoms with Crippen molar-refractivity contribution in [2.45, 2.75) is 24.3 Å². The van der Waals surface area contributed by atoms with E-state index in [0.29, 0.717) is 12.6 Å². The molecule has 1 aromatic rings. The van der Waals surface area contributed by atoms with Crippen molar-refractivity contribution in [1.82, 2.24) is 9.62 Å². The number of benzene rings is 1. The normalized spacial score (nSPS) is 19.4. The molecule has 0 spiro atoms. The summed E-state index contributed by atoms with van der Waals surface area (Å²) in [6.45, 7) is 4.58. The second kappa shape index (κ2) is 5.32. The van der Waals surface area contributed by atoms with Gasteiger partial charge < -0.3 is 5.32 Å². The first kappa shape index (κ1) is 15.8. The first-order chi connectivity index (χ1) is 9.63. The predicted octanol–water partition coefficient (Wildman–Crippen LogP) is 1.11. The molecule has 0 amide bonds. The number of nitro groups is 1. The molecular weight excluding hydrogens is 301 g/mol. The molecule has 1 heterocycles. The van der Waals surface area contributed by atoms with E-state index >= 15 is 0 Å². The van der Waals surface area contributed by atoms with Crippen LogP contribution in [-0.2, 0) is 10.0 Å². The molecule has 1 fully saturated rings. The number of nitrogens with zero attached hydrogens (tertiary/aromatic N) is 2. The molecule has 21 heavy (non-hydrogen) atoms. The van der Waals surface area contributed by atoms with E-state index in [1.54, 1.807) is 0 Å². The fourth-order valence-electron chi connectivity index (χ4n) is 2.25. The van der Waals surface area contributed by atoms with Crippen molar-refractivity contribution < 1.29 is 17.7 Å². The number of hydrogen-bond acceptors (Lipinski definition) is 5. The lowest BCUT2D eigenvalue weighted by Gasteiger charge is -2.38. The Balaban J connectivity index is 2.38. The third-order valence-electron chi connectivity index (χ3n) is 3.28. The van der Waals surface area contributed by atoms with Gasteiger partial charge in [0, 0.05) is 31.2 Å². The first-order valence-electron chi connectivity index (χ1n) is 6.33. The van der Waals surface area contributed by atoms with Gasteiger partial charge in [0.1, 0.15) is 10.7 Å². The van der Waals surface area contributed by atoms with Crippen molar-refractivity contribution >= 4 is 15.7 Å². The molecule has 0 saturated carbocycles. The van der Waals surface area contributed by atoms with Crippen LogP contribution in [-0.4, -0.2) is 42.8 Å². The summed E-state index contributed by atoms with van der Waals surface area (Å²) in [5, 5.41) is 13.7. The lowest BCUT2D eigenvalue weighted by molar-refractivity contribution is -0.385. The molecule has 2 rings (SSSR count). The van der Waals surface area contributed by atoms with Crippen molar-refractivity contribution in [3.05, 3.63) is 34.1 Å². The predicted molar refractivity (Wildman–Crippen MR) is 73.9 cm³/mol. The van der Waals surface area contributed by atoms with Crippen LogP contribution >= 0.6 is 0 Å². The van der Waals surface area contributed by atoms with Gasteiger partial charge in [-0.15, -0.1) is 0 Å². The Morgan fingerprint density at radius 3 is 2.62 bits per heavy atom. The summed E-state index contributed by atoms with van der Waals surface area (Å²) in [6.07, 6.45) is 0. The maximum absolute atomic E-state index is 13.9. The number of hydrogen-bond donors (Lipinski definition) is 1. The second-order valence-electron chi connectivity index (χ2n) is 5.52. The Bertz CT molecular complexity index is 675. The van der Waals surface area contributed by atoms with Gasteiger partial charge in [-0.05, 0) is 19.9 Å². The molecule has 0 radical (unpaired) electrons. The standard InChI is InChI=1S/C12H16FN3O4S/c1-12(2)8-15(6-5-14-12)21(19,20)11-4-3-9(16(17)18)7-10(11)13/h3-4,7,14H,5-6,8H2,1-2H3. The average molecular weight is 317 g/mol. The van der Waals surface area contributed by atoms with Crippen LogP contribution < -0.4 is 5.32 Å². The van der Waals surface area contributed by atoms with E-state index in [4.69, 9.17) is 0 Å². The lowest BCUT2D eigenvalue weighted by Crippen LogP contribution is -2.58. The summed E-state index contributed by atoms with van der Waals surface area (Å²) < 4.78 is 40.0. The van der Waals surface area contributed by atoms with Crippen LogP contribution in [0.1, 0.15) is 13.8 Å². The fourth-order valence-corrected chi connectivity index (χ4v) is 3.90. The maximum Gasteiger partial charge on any atom is 0.272 e. The van der Waals surface area contributed by atoms with E-state index in [1.807, 2.05) is 13.8 Å². The van der Waals surface area contributed by atoms with Gasteiger partial charge in [0.25, 0.3) is 5.69 Å². The van der Waals surface area contributed by atoms with Gasteiger partial charge >= 0.3 is 0 Å². The van der Waals surface area contributed by atoms with E-state index in [2.05, 4.69) is 5.32 Å². The molecule has 0 unspecified atom stereocenters. The molecule has 0 bridgehead atoms. The summed E-state index contributed by atoms with van der Waals surface area (Å²) in [7, 11) is -4.01. The highest BCUT2D eigenvalue weighted by molar-refractivity contribution is 7.89. The zero-order valence-electron chi connectivity index (χ0n) is 11.7. The highest BCUT2D eigenvalue weighted by Gasteiger charge is 2.35. The van der Waals surface area contributed by atoms with Crippen LogP contribution in [0.3, 0.4) is 0 Å². The topological polar surface area (TPSA) is 92.5 Å². The van der Waals surface area contributed by atoms with Gasteiger partial charge in [-0.25, -0.2) is 12.8 Å². The van der Waals surface area contributed by atoms with Crippen molar-refractivity contribution in [3.8, 4) is 0 Å². The Hall–Kier alpha value is -1.58. The highest BCUT2D eigenvalue weighted by Crippen LogP contribution is 2.25. The SMILES string of the molecule is CC1(C)CN(S(=O)(=O)c2ccc([N+](=O)[O-])cc2F)CCN1. The summed E-state index contributed by atoms with van der Waals surface area (Å²) >= 11 is 0. The molecule has 1 aliphatic rings. The molecule has 1 aliphatic heterocycles. The van der Waals surface area contributed by atoms with Gasteiger partial charge in [-0.2, -0.15) is 4.31 Å². The van der Waals surface area contributed by atoms with Crippen LogP contribution in [0.4, 0.5) is 10.1 Å². The Labute approximate surface area is 122 Å². The number of halogens is 1. The van der Waals surface area contributed by atoms with Crippen LogP contribution in [0.2, 0.25) is 0 Å². The molecule has 1 saturated heterocycles. The van der Waals surface area contributed by atoms with E-state index < -0.39 is 36.9 Å². The quantitative estimate of drug-likeness (QED) is 0.666. The van der Waals surface area contributed by atoms with E-state index in [0.717, 1.165) is 12.1 Å². The Morgan fingerprint density at radius 2 is 2.10 bits per heavy atom. The number of piperazine rings is 1. The highest BCUT2D eigenvalue weighted by atomic mass is 32.2. The van der Waals surface area contributed by atoms with Gasteiger partial charge in [0.05, 0.1) is 11.0 Å². The van der Waals surface area contributed by atoms with Gasteiger partial charge in [-0.1, -0.05) is 0 Å². The monoisotopic (exact) mass is 317 g/mol. The summed E-state index contributed by atoms with van der Waals surface area (Å²) in [5.74, 6) is -1.11. The largest absolute Gasteiger partial charge is 0.309 e. The van der Waals surface area contributed by atoms with Gasteiger partial charge in [0.15, 0.2) is 0 Å². The van der Waals surface area contributed by atoms with Crippen LogP contribution in [0.15, 0.2) is 23.1 Å². The molecule has 1 N–H and O–H groups in total. The smallest absolute Gasteiger partial charge is 0.272 e. The molecule has 116 valence electrons. The van der Waals surface area contributed by atoms with Crippen LogP contribution in [0.5, 0.6) is 0 Å². The van der Waals surface area contributed by atoms with Crippen LogP contribution in [0, 0.1) is 15.9 Å². The van der Waals surface area contributed by atoms with Crippen molar-refractivity contribution in [3.63, 3.8) is 0 Å². The van der Waals surface area contributed by atoms with Crippen molar-refractivity contribution in [2.24, 2.45) is 0 Å². The van der Waals surface area contributed by atoms with E-state index in [-0.39, 0.29) is 13.1 Å². The summed E-state index contributed by atoms with van der Waals surface area (Å²) in [5.41, 5.74) is -0.894. The molecule has 0 aliphatic carbocycles. The number of nitro benzene ring substituents is 1. The third kappa shape index (κ3) is 3.20. The van der Waals surface area contributed by atoms with Crippen molar-refractivity contribution in [2.75, 3.05) is 19.6 Å². The number of rotatable bonds is 3. The fraction of sp³-hybridized carbons (Fsp3) is 0.500. The van der Waals surface area contributed by atoms with Gasteiger partial charge in [-0.3, -0.25) is 10.1 Å². The average Bonchev–Trinajstić information content (AvgIpc) is 2.36. The molecule has 1 aromatic carbocycles. The van der Waals surface area contributed by atoms with E-state index in [9.17, 15) is 22.9 Å². The molecule has 9 heteroatoms. The summed E-state index contributed by atoms with van der Waals surface area (Å²) in [6, 6.07) is 2.56. The molecular formula is C12H16FN3O4S. The van der Waals surface area contributed by atoms with E-state index in [1.165, 1.54) is 4.31 Å². The zero-order chi connectivity index (χ0) is 15.8. The minimum Gasteiger partial charge on any atom is -0.309 e. The maximum atomic E-state index is 13.9. The van der Waals surface area contributed by atoms with Crippen LogP contribution in [0.25, 0.3) is 0 Å².